The van der Waals surface area contributed by atoms with Crippen molar-refractivity contribution in [1.82, 2.24) is 9.97 Å². The van der Waals surface area contributed by atoms with Crippen LogP contribution >= 0.6 is 0 Å². The van der Waals surface area contributed by atoms with Crippen molar-refractivity contribution in [1.29, 1.82) is 0 Å². The van der Waals surface area contributed by atoms with Crippen molar-refractivity contribution in [3.63, 3.8) is 0 Å². The third-order valence-electron chi connectivity index (χ3n) is 2.31. The lowest BCUT2D eigenvalue weighted by Crippen LogP contribution is -2.05. The molecule has 0 aromatic carbocycles. The Bertz CT molecular complexity index is 470. The second-order valence-electron chi connectivity index (χ2n) is 3.41. The summed E-state index contributed by atoms with van der Waals surface area (Å²) in [6.07, 6.45) is 5.45. The number of nitrogens with zero attached hydrogens (tertiary/aromatic N) is 1. The van der Waals surface area contributed by atoms with Crippen molar-refractivity contribution in [2.75, 3.05) is 0 Å². The van der Waals surface area contributed by atoms with Crippen molar-refractivity contribution in [3.05, 3.63) is 42.2 Å². The summed E-state index contributed by atoms with van der Waals surface area (Å²) in [5, 5.41) is 1.08. The minimum absolute atomic E-state index is 0.132. The summed E-state index contributed by atoms with van der Waals surface area (Å²) in [5.74, 6) is 0. The smallest absolute Gasteiger partial charge is 0.137 e. The summed E-state index contributed by atoms with van der Waals surface area (Å²) < 4.78 is 0. The number of aromatic nitrogens is 2. The van der Waals surface area contributed by atoms with Gasteiger partial charge >= 0.3 is 0 Å². The molecule has 0 bridgehead atoms. The van der Waals surface area contributed by atoms with Crippen LogP contribution < -0.4 is 5.73 Å². The van der Waals surface area contributed by atoms with Gasteiger partial charge in [0.1, 0.15) is 5.65 Å². The molecule has 3 N–H and O–H groups in total. The van der Waals surface area contributed by atoms with Crippen molar-refractivity contribution >= 4 is 11.0 Å². The fourth-order valence-corrected chi connectivity index (χ4v) is 1.53. The molecule has 0 aliphatic rings. The van der Waals surface area contributed by atoms with E-state index in [9.17, 15) is 0 Å². The number of hydrogen-bond acceptors (Lipinski definition) is 2. The maximum Gasteiger partial charge on any atom is 0.137 e. The molecule has 2 aromatic heterocycles. The fourth-order valence-electron chi connectivity index (χ4n) is 1.53. The lowest BCUT2D eigenvalue weighted by atomic mass is 10.1. The molecule has 72 valence electrons. The first-order valence-corrected chi connectivity index (χ1v) is 4.54. The first-order valence-electron chi connectivity index (χ1n) is 4.54. The molecule has 3 nitrogen and oxygen atoms in total. The predicted octanol–water partition coefficient (Wildman–Crippen LogP) is 2.06. The first-order chi connectivity index (χ1) is 6.72. The summed E-state index contributed by atoms with van der Waals surface area (Å²) in [6.45, 7) is 5.70. The van der Waals surface area contributed by atoms with E-state index in [2.05, 4.69) is 22.6 Å². The highest BCUT2D eigenvalue weighted by atomic mass is 14.8. The van der Waals surface area contributed by atoms with Gasteiger partial charge in [0.15, 0.2) is 0 Å². The van der Waals surface area contributed by atoms with Gasteiger partial charge in [-0.1, -0.05) is 6.08 Å². The average Bonchev–Trinajstić information content (AvgIpc) is 2.59. The number of hydrogen-bond donors (Lipinski definition) is 2. The number of nitrogens with two attached hydrogens (primary N) is 1. The number of fused-ring (bicyclic) bond motifs is 1. The highest BCUT2D eigenvalue weighted by Crippen LogP contribution is 2.22. The second kappa shape index (κ2) is 3.27. The van der Waals surface area contributed by atoms with Crippen LogP contribution in [0.5, 0.6) is 0 Å². The Morgan fingerprint density at radius 2 is 2.43 bits per heavy atom. The standard InChI is InChI=1S/C11H13N3/c1-3-10(12)9-6-14-11-8(9)4-7(2)5-13-11/h3-6,10H,1,12H2,2H3,(H,13,14)/t10-/m1/s1. The molecule has 0 aliphatic carbocycles. The zero-order chi connectivity index (χ0) is 10.1. The molecule has 0 fully saturated rings. The maximum atomic E-state index is 5.89. The molecule has 0 saturated carbocycles. The molecule has 0 amide bonds. The van der Waals surface area contributed by atoms with E-state index >= 15 is 0 Å². The maximum absolute atomic E-state index is 5.89. The van der Waals surface area contributed by atoms with Crippen LogP contribution in [0.1, 0.15) is 17.2 Å². The Morgan fingerprint density at radius 3 is 3.14 bits per heavy atom. The molecule has 0 radical (unpaired) electrons. The number of aromatic amines is 1. The van der Waals surface area contributed by atoms with Gasteiger partial charge in [-0.2, -0.15) is 0 Å². The summed E-state index contributed by atoms with van der Waals surface area (Å²) in [6, 6.07) is 1.95. The SMILES string of the molecule is C=C[C@@H](N)c1c[nH]c2ncc(C)cc12. The van der Waals surface area contributed by atoms with Crippen LogP contribution in [0.15, 0.2) is 31.1 Å². The summed E-state index contributed by atoms with van der Waals surface area (Å²) >= 11 is 0. The van der Waals surface area contributed by atoms with E-state index in [1.165, 1.54) is 0 Å². The third kappa shape index (κ3) is 1.32. The monoisotopic (exact) mass is 187 g/mol. The van der Waals surface area contributed by atoms with Gasteiger partial charge in [-0.25, -0.2) is 4.98 Å². The number of rotatable bonds is 2. The van der Waals surface area contributed by atoms with Crippen molar-refractivity contribution in [3.8, 4) is 0 Å². The van der Waals surface area contributed by atoms with E-state index in [1.807, 2.05) is 19.3 Å². The fraction of sp³-hybridized carbons (Fsp3) is 0.182. The topological polar surface area (TPSA) is 54.7 Å². The van der Waals surface area contributed by atoms with Crippen LogP contribution in [-0.2, 0) is 0 Å². The lowest BCUT2D eigenvalue weighted by Gasteiger charge is -2.03. The summed E-state index contributed by atoms with van der Waals surface area (Å²) in [7, 11) is 0. The minimum Gasteiger partial charge on any atom is -0.346 e. The van der Waals surface area contributed by atoms with E-state index < -0.39 is 0 Å². The first kappa shape index (κ1) is 8.97. The zero-order valence-electron chi connectivity index (χ0n) is 8.12. The van der Waals surface area contributed by atoms with Gasteiger partial charge in [-0.3, -0.25) is 0 Å². The molecular weight excluding hydrogens is 174 g/mol. The number of H-pyrrole nitrogens is 1. The number of pyridine rings is 1. The van der Waals surface area contributed by atoms with Crippen molar-refractivity contribution < 1.29 is 0 Å². The van der Waals surface area contributed by atoms with E-state index in [1.54, 1.807) is 6.08 Å². The highest BCUT2D eigenvalue weighted by Gasteiger charge is 2.08. The van der Waals surface area contributed by atoms with E-state index in [0.717, 1.165) is 22.2 Å². The quantitative estimate of drug-likeness (QED) is 0.707. The normalized spacial score (nSPS) is 13.0. The molecule has 14 heavy (non-hydrogen) atoms. The van der Waals surface area contributed by atoms with Gasteiger partial charge in [-0.05, 0) is 24.1 Å². The van der Waals surface area contributed by atoms with Crippen LogP contribution in [0.2, 0.25) is 0 Å². The zero-order valence-corrected chi connectivity index (χ0v) is 8.12. The molecule has 0 saturated heterocycles. The van der Waals surface area contributed by atoms with E-state index in [0.29, 0.717) is 0 Å². The minimum atomic E-state index is -0.132. The van der Waals surface area contributed by atoms with Gasteiger partial charge in [0.25, 0.3) is 0 Å². The molecule has 2 aromatic rings. The van der Waals surface area contributed by atoms with E-state index in [-0.39, 0.29) is 6.04 Å². The van der Waals surface area contributed by atoms with Crippen LogP contribution in [0.25, 0.3) is 11.0 Å². The van der Waals surface area contributed by atoms with Gasteiger partial charge in [0, 0.05) is 23.8 Å². The molecule has 0 aliphatic heterocycles. The second-order valence-corrected chi connectivity index (χ2v) is 3.41. The molecule has 2 heterocycles. The Labute approximate surface area is 82.7 Å². The summed E-state index contributed by atoms with van der Waals surface area (Å²) in [5.41, 5.74) is 8.95. The van der Waals surface area contributed by atoms with Crippen LogP contribution in [-0.4, -0.2) is 9.97 Å². The van der Waals surface area contributed by atoms with Crippen molar-refractivity contribution in [2.24, 2.45) is 5.73 Å². The number of nitrogens with one attached hydrogen (secondary N) is 1. The Morgan fingerprint density at radius 1 is 1.64 bits per heavy atom. The highest BCUT2D eigenvalue weighted by molar-refractivity contribution is 5.81. The average molecular weight is 187 g/mol. The van der Waals surface area contributed by atoms with Crippen LogP contribution in [0.4, 0.5) is 0 Å². The van der Waals surface area contributed by atoms with Crippen LogP contribution in [0, 0.1) is 6.92 Å². The Balaban J connectivity index is 2.66. The molecule has 2 rings (SSSR count). The Hall–Kier alpha value is -1.61. The van der Waals surface area contributed by atoms with Gasteiger partial charge in [0.2, 0.25) is 0 Å². The molecule has 0 spiro atoms. The Kier molecular flexibility index (Phi) is 2.09. The lowest BCUT2D eigenvalue weighted by molar-refractivity contribution is 0.924. The van der Waals surface area contributed by atoms with E-state index in [4.69, 9.17) is 5.73 Å². The number of aryl methyl sites for hydroxylation is 1. The third-order valence-corrected chi connectivity index (χ3v) is 2.31. The summed E-state index contributed by atoms with van der Waals surface area (Å²) in [4.78, 5) is 7.36. The molecule has 3 heteroatoms. The molecule has 1 atom stereocenters. The predicted molar refractivity (Wildman–Crippen MR) is 58.0 cm³/mol. The molecule has 0 unspecified atom stereocenters. The molecular formula is C11H13N3. The largest absolute Gasteiger partial charge is 0.346 e. The van der Waals surface area contributed by atoms with Crippen molar-refractivity contribution in [2.45, 2.75) is 13.0 Å². The van der Waals surface area contributed by atoms with Crippen LogP contribution in [0.3, 0.4) is 0 Å². The van der Waals surface area contributed by atoms with Gasteiger partial charge in [-0.15, -0.1) is 6.58 Å². The van der Waals surface area contributed by atoms with Gasteiger partial charge in [0.05, 0.1) is 0 Å². The van der Waals surface area contributed by atoms with Gasteiger partial charge < -0.3 is 10.7 Å².